The highest BCUT2D eigenvalue weighted by Crippen LogP contribution is 2.28. The molecule has 0 amide bonds. The summed E-state index contributed by atoms with van der Waals surface area (Å²) in [7, 11) is 0. The smallest absolute Gasteiger partial charge is 0.222 e. The Kier molecular flexibility index (Phi) is 3.19. The lowest BCUT2D eigenvalue weighted by Gasteiger charge is -2.07. The molecular weight excluding hydrogens is 264 g/mol. The topological polar surface area (TPSA) is 125 Å². The molecule has 4 N–H and O–H groups in total. The number of halogens is 1. The van der Waals surface area contributed by atoms with Gasteiger partial charge in [0.25, 0.3) is 0 Å². The Bertz CT molecular complexity index is 741. The zero-order valence-electron chi connectivity index (χ0n) is 9.55. The van der Waals surface area contributed by atoms with Gasteiger partial charge in [0.05, 0.1) is 16.3 Å². The fraction of sp³-hybridized carbons (Fsp3) is 0. The number of nitrogens with zero attached hydrogens (tertiary/aromatic N) is 4. The van der Waals surface area contributed by atoms with Crippen molar-refractivity contribution < 1.29 is 0 Å². The van der Waals surface area contributed by atoms with Crippen LogP contribution in [0.4, 0.5) is 11.8 Å². The summed E-state index contributed by atoms with van der Waals surface area (Å²) < 4.78 is 0. The van der Waals surface area contributed by atoms with Crippen molar-refractivity contribution in [1.29, 1.82) is 10.5 Å². The second kappa shape index (κ2) is 4.81. The van der Waals surface area contributed by atoms with Crippen molar-refractivity contribution in [2.24, 2.45) is 0 Å². The second-order valence-electron chi connectivity index (χ2n) is 3.61. The van der Waals surface area contributed by atoms with Gasteiger partial charge in [0.1, 0.15) is 23.5 Å². The van der Waals surface area contributed by atoms with Crippen LogP contribution in [0.1, 0.15) is 11.1 Å². The maximum atomic E-state index is 9.09. The largest absolute Gasteiger partial charge is 0.382 e. The van der Waals surface area contributed by atoms with Crippen LogP contribution in [0.15, 0.2) is 18.2 Å². The standard InChI is InChI=1S/C12H7ClN6/c13-9-3-6(1-2-7(9)4-14)10-8(5-15)11(16)19-12(17)18-10/h1-3H,(H4,16,17,18,19). The molecule has 1 aromatic heterocycles. The minimum Gasteiger partial charge on any atom is -0.382 e. The van der Waals surface area contributed by atoms with Crippen molar-refractivity contribution >= 4 is 23.4 Å². The summed E-state index contributed by atoms with van der Waals surface area (Å²) >= 11 is 5.94. The lowest BCUT2D eigenvalue weighted by molar-refractivity contribution is 1.18. The molecule has 0 atom stereocenters. The van der Waals surface area contributed by atoms with Crippen molar-refractivity contribution in [1.82, 2.24) is 9.97 Å². The van der Waals surface area contributed by atoms with Gasteiger partial charge in [0.15, 0.2) is 0 Å². The van der Waals surface area contributed by atoms with E-state index < -0.39 is 0 Å². The van der Waals surface area contributed by atoms with Gasteiger partial charge in [-0.25, -0.2) is 4.98 Å². The second-order valence-corrected chi connectivity index (χ2v) is 4.02. The number of nitrogen functional groups attached to an aromatic ring is 2. The molecule has 0 spiro atoms. The van der Waals surface area contributed by atoms with Crippen LogP contribution < -0.4 is 11.5 Å². The first-order valence-electron chi connectivity index (χ1n) is 5.10. The summed E-state index contributed by atoms with van der Waals surface area (Å²) in [6.07, 6.45) is 0. The summed E-state index contributed by atoms with van der Waals surface area (Å²) in [5.74, 6) is -0.0301. The molecule has 92 valence electrons. The Hall–Kier alpha value is -2.83. The summed E-state index contributed by atoms with van der Waals surface area (Å²) in [5.41, 5.74) is 12.4. The Morgan fingerprint density at radius 3 is 2.42 bits per heavy atom. The molecule has 0 saturated heterocycles. The van der Waals surface area contributed by atoms with Crippen LogP contribution in [-0.2, 0) is 0 Å². The molecule has 6 nitrogen and oxygen atoms in total. The highest BCUT2D eigenvalue weighted by atomic mass is 35.5. The van der Waals surface area contributed by atoms with Crippen molar-refractivity contribution in [2.75, 3.05) is 11.5 Å². The molecule has 1 aromatic carbocycles. The molecule has 0 aliphatic heterocycles. The first-order chi connectivity index (χ1) is 9.06. The Labute approximate surface area is 113 Å². The molecule has 19 heavy (non-hydrogen) atoms. The Morgan fingerprint density at radius 1 is 1.11 bits per heavy atom. The van der Waals surface area contributed by atoms with Crippen LogP contribution in [-0.4, -0.2) is 9.97 Å². The van der Waals surface area contributed by atoms with E-state index in [4.69, 9.17) is 33.6 Å². The van der Waals surface area contributed by atoms with E-state index in [9.17, 15) is 0 Å². The van der Waals surface area contributed by atoms with Crippen molar-refractivity contribution in [3.63, 3.8) is 0 Å². The van der Waals surface area contributed by atoms with Crippen LogP contribution in [0, 0.1) is 22.7 Å². The molecule has 0 unspecified atom stereocenters. The average Bonchev–Trinajstić information content (AvgIpc) is 2.37. The van der Waals surface area contributed by atoms with Gasteiger partial charge in [-0.15, -0.1) is 0 Å². The highest BCUT2D eigenvalue weighted by molar-refractivity contribution is 6.32. The number of benzene rings is 1. The van der Waals surface area contributed by atoms with Crippen LogP contribution in [0.25, 0.3) is 11.3 Å². The van der Waals surface area contributed by atoms with E-state index in [-0.39, 0.29) is 22.4 Å². The van der Waals surface area contributed by atoms with E-state index in [0.717, 1.165) is 0 Å². The molecule has 0 aliphatic carbocycles. The van der Waals surface area contributed by atoms with Crippen molar-refractivity contribution in [2.45, 2.75) is 0 Å². The van der Waals surface area contributed by atoms with Crippen molar-refractivity contribution in [3.8, 4) is 23.4 Å². The van der Waals surface area contributed by atoms with E-state index in [1.54, 1.807) is 6.07 Å². The van der Waals surface area contributed by atoms with Gasteiger partial charge in [-0.05, 0) is 12.1 Å². The molecule has 0 fully saturated rings. The summed E-state index contributed by atoms with van der Waals surface area (Å²) in [5, 5.41) is 18.2. The van der Waals surface area contributed by atoms with Gasteiger partial charge in [-0.1, -0.05) is 17.7 Å². The fourth-order valence-electron chi connectivity index (χ4n) is 1.57. The molecule has 7 heteroatoms. The van der Waals surface area contributed by atoms with E-state index in [1.807, 2.05) is 12.1 Å². The zero-order valence-corrected chi connectivity index (χ0v) is 10.3. The molecular formula is C12H7ClN6. The van der Waals surface area contributed by atoms with E-state index >= 15 is 0 Å². The third-order valence-corrected chi connectivity index (χ3v) is 2.74. The van der Waals surface area contributed by atoms with Crippen LogP contribution >= 0.6 is 11.6 Å². The van der Waals surface area contributed by atoms with Crippen LogP contribution in [0.2, 0.25) is 5.02 Å². The Morgan fingerprint density at radius 2 is 1.84 bits per heavy atom. The predicted octanol–water partition coefficient (Wildman–Crippen LogP) is 1.70. The van der Waals surface area contributed by atoms with E-state index in [2.05, 4.69) is 9.97 Å². The molecule has 1 heterocycles. The third kappa shape index (κ3) is 2.25. The molecule has 2 rings (SSSR count). The fourth-order valence-corrected chi connectivity index (χ4v) is 1.79. The number of rotatable bonds is 1. The van der Waals surface area contributed by atoms with Crippen LogP contribution in [0.3, 0.4) is 0 Å². The maximum Gasteiger partial charge on any atom is 0.222 e. The van der Waals surface area contributed by atoms with Gasteiger partial charge in [0, 0.05) is 5.56 Å². The van der Waals surface area contributed by atoms with Crippen molar-refractivity contribution in [3.05, 3.63) is 34.3 Å². The monoisotopic (exact) mass is 270 g/mol. The molecule has 0 radical (unpaired) electrons. The lowest BCUT2D eigenvalue weighted by atomic mass is 10.1. The number of hydrogen-bond donors (Lipinski definition) is 2. The quantitative estimate of drug-likeness (QED) is 0.812. The molecule has 0 aliphatic rings. The highest BCUT2D eigenvalue weighted by Gasteiger charge is 2.14. The maximum absolute atomic E-state index is 9.09. The summed E-state index contributed by atoms with van der Waals surface area (Å²) in [6.45, 7) is 0. The number of nitriles is 2. The minimum atomic E-state index is -0.0352. The normalized spacial score (nSPS) is 9.63. The SMILES string of the molecule is N#Cc1ccc(-c2nc(N)nc(N)c2C#N)cc1Cl. The molecule has 2 aromatic rings. The van der Waals surface area contributed by atoms with Gasteiger partial charge in [0.2, 0.25) is 5.95 Å². The van der Waals surface area contributed by atoms with Gasteiger partial charge in [-0.2, -0.15) is 15.5 Å². The predicted molar refractivity (Wildman–Crippen MR) is 70.7 cm³/mol. The first-order valence-corrected chi connectivity index (χ1v) is 5.47. The third-order valence-electron chi connectivity index (χ3n) is 2.43. The van der Waals surface area contributed by atoms with E-state index in [0.29, 0.717) is 16.8 Å². The number of aromatic nitrogens is 2. The molecule has 0 saturated carbocycles. The minimum absolute atomic E-state index is 0.00508. The summed E-state index contributed by atoms with van der Waals surface area (Å²) in [4.78, 5) is 7.72. The van der Waals surface area contributed by atoms with E-state index in [1.165, 1.54) is 12.1 Å². The van der Waals surface area contributed by atoms with Gasteiger partial charge >= 0.3 is 0 Å². The van der Waals surface area contributed by atoms with Gasteiger partial charge < -0.3 is 11.5 Å². The van der Waals surface area contributed by atoms with Gasteiger partial charge in [-0.3, -0.25) is 0 Å². The number of hydrogen-bond acceptors (Lipinski definition) is 6. The lowest BCUT2D eigenvalue weighted by Crippen LogP contribution is -2.05. The average molecular weight is 271 g/mol. The zero-order chi connectivity index (χ0) is 14.0. The first kappa shape index (κ1) is 12.6. The summed E-state index contributed by atoms with van der Waals surface area (Å²) in [6, 6.07) is 8.55. The number of anilines is 2. The number of nitrogens with two attached hydrogens (primary N) is 2. The van der Waals surface area contributed by atoms with Crippen LogP contribution in [0.5, 0.6) is 0 Å². The molecule has 0 bridgehead atoms. The Balaban J connectivity index is 2.70.